The molecular formula is C14H13NO6S2. The monoisotopic (exact) mass is 355 g/mol. The topological polar surface area (TPSA) is 126 Å². The molecule has 0 radical (unpaired) electrons. The third-order valence-corrected chi connectivity index (χ3v) is 5.58. The second-order valence-electron chi connectivity index (χ2n) is 5.94. The Balaban J connectivity index is 2.57. The molecule has 122 valence electrons. The second kappa shape index (κ2) is 4.60. The molecule has 7 nitrogen and oxygen atoms in total. The largest absolute Gasteiger partial charge is 0.744 e. The molecule has 0 atom stereocenters. The molecule has 1 heterocycles. The summed E-state index contributed by atoms with van der Waals surface area (Å²) in [6.45, 7) is 3.72. The maximum absolute atomic E-state index is 11.5. The van der Waals surface area contributed by atoms with Crippen molar-refractivity contribution in [3.8, 4) is 0 Å². The van der Waals surface area contributed by atoms with Gasteiger partial charge in [0.05, 0.1) is 15.2 Å². The first kappa shape index (κ1) is 16.1. The van der Waals surface area contributed by atoms with Crippen LogP contribution in [0.1, 0.15) is 19.4 Å². The van der Waals surface area contributed by atoms with Crippen molar-refractivity contribution in [2.75, 3.05) is 0 Å². The van der Waals surface area contributed by atoms with Gasteiger partial charge in [0, 0.05) is 17.0 Å². The smallest absolute Gasteiger partial charge is 0.294 e. The third-order valence-electron chi connectivity index (χ3n) is 3.87. The van der Waals surface area contributed by atoms with Crippen LogP contribution < -0.4 is 4.99 Å². The van der Waals surface area contributed by atoms with Crippen LogP contribution >= 0.6 is 0 Å². The molecule has 0 amide bonds. The number of fused-ring (bicyclic) bond motifs is 3. The van der Waals surface area contributed by atoms with Gasteiger partial charge in [-0.1, -0.05) is 0 Å². The molecule has 0 unspecified atom stereocenters. The van der Waals surface area contributed by atoms with Crippen molar-refractivity contribution in [2.45, 2.75) is 29.1 Å². The summed E-state index contributed by atoms with van der Waals surface area (Å²) in [5.41, 5.74) is 0.825. The lowest BCUT2D eigenvalue weighted by Crippen LogP contribution is -2.60. The summed E-state index contributed by atoms with van der Waals surface area (Å²) >= 11 is 0. The molecule has 0 bridgehead atoms. The van der Waals surface area contributed by atoms with Gasteiger partial charge < -0.3 is 4.55 Å². The van der Waals surface area contributed by atoms with Gasteiger partial charge in [-0.25, -0.2) is 13.4 Å². The van der Waals surface area contributed by atoms with Gasteiger partial charge >= 0.3 is 0 Å². The first-order valence-electron chi connectivity index (χ1n) is 6.57. The molecule has 2 aromatic rings. The predicted octanol–water partition coefficient (Wildman–Crippen LogP) is 0.0647. The molecule has 1 aliphatic rings. The molecule has 0 fully saturated rings. The van der Waals surface area contributed by atoms with Crippen molar-refractivity contribution in [1.82, 2.24) is 0 Å². The van der Waals surface area contributed by atoms with Gasteiger partial charge in [0.15, 0.2) is 6.21 Å². The minimum atomic E-state index is -4.92. The molecule has 0 aromatic heterocycles. The van der Waals surface area contributed by atoms with Crippen LogP contribution in [0.4, 0.5) is 5.69 Å². The Morgan fingerprint density at radius 2 is 1.74 bits per heavy atom. The van der Waals surface area contributed by atoms with Gasteiger partial charge in [-0.3, -0.25) is 4.55 Å². The zero-order valence-corrected chi connectivity index (χ0v) is 13.8. The fourth-order valence-electron chi connectivity index (χ4n) is 2.88. The van der Waals surface area contributed by atoms with E-state index in [-0.39, 0.29) is 5.39 Å². The zero-order valence-electron chi connectivity index (χ0n) is 12.2. The first-order valence-corrected chi connectivity index (χ1v) is 9.42. The highest BCUT2D eigenvalue weighted by Crippen LogP contribution is 2.38. The van der Waals surface area contributed by atoms with Crippen LogP contribution in [0.5, 0.6) is 0 Å². The lowest BCUT2D eigenvalue weighted by Gasteiger charge is -2.18. The summed E-state index contributed by atoms with van der Waals surface area (Å²) in [5.74, 6) is 0. The Hall–Kier alpha value is -1.81. The van der Waals surface area contributed by atoms with E-state index < -0.39 is 35.4 Å². The highest BCUT2D eigenvalue weighted by atomic mass is 32.2. The summed E-state index contributed by atoms with van der Waals surface area (Å²) in [5, 5.41) is 0.412. The van der Waals surface area contributed by atoms with Crippen molar-refractivity contribution in [3.63, 3.8) is 0 Å². The van der Waals surface area contributed by atoms with E-state index in [0.717, 1.165) is 0 Å². The van der Waals surface area contributed by atoms with Crippen molar-refractivity contribution in [2.24, 2.45) is 0 Å². The Morgan fingerprint density at radius 1 is 1.09 bits per heavy atom. The highest BCUT2D eigenvalue weighted by Gasteiger charge is 2.35. The summed E-state index contributed by atoms with van der Waals surface area (Å²) in [6.07, 6.45) is 1.78. The minimum Gasteiger partial charge on any atom is -0.744 e. The fourth-order valence-corrected chi connectivity index (χ4v) is 4.20. The Kier molecular flexibility index (Phi) is 3.21. The highest BCUT2D eigenvalue weighted by molar-refractivity contribution is 7.86. The van der Waals surface area contributed by atoms with Crippen LogP contribution in [-0.4, -0.2) is 32.2 Å². The molecule has 2 N–H and O–H groups in total. The van der Waals surface area contributed by atoms with E-state index in [1.54, 1.807) is 12.3 Å². The van der Waals surface area contributed by atoms with Crippen LogP contribution in [0.3, 0.4) is 0 Å². The summed E-state index contributed by atoms with van der Waals surface area (Å²) in [6, 6.07) is 4.94. The van der Waals surface area contributed by atoms with E-state index >= 15 is 0 Å². The molecule has 23 heavy (non-hydrogen) atoms. The Labute approximate surface area is 133 Å². The number of benzene rings is 2. The second-order valence-corrected chi connectivity index (χ2v) is 8.71. The molecule has 0 saturated carbocycles. The predicted molar refractivity (Wildman–Crippen MR) is 81.4 cm³/mol. The average Bonchev–Trinajstić information content (AvgIpc) is 2.71. The van der Waals surface area contributed by atoms with Gasteiger partial charge in [-0.05, 0) is 37.4 Å². The number of hydrogen-bond donors (Lipinski definition) is 2. The van der Waals surface area contributed by atoms with Crippen molar-refractivity contribution in [1.29, 1.82) is 0 Å². The lowest BCUT2D eigenvalue weighted by molar-refractivity contribution is -0.344. The van der Waals surface area contributed by atoms with E-state index in [2.05, 4.69) is 4.99 Å². The van der Waals surface area contributed by atoms with Gasteiger partial charge in [-0.2, -0.15) is 8.42 Å². The molecule has 9 heteroatoms. The molecule has 2 aromatic carbocycles. The van der Waals surface area contributed by atoms with Gasteiger partial charge in [0.2, 0.25) is 5.69 Å². The van der Waals surface area contributed by atoms with Crippen LogP contribution in [0.15, 0.2) is 34.1 Å². The third kappa shape index (κ3) is 2.55. The Bertz CT molecular complexity index is 1080. The van der Waals surface area contributed by atoms with Gasteiger partial charge in [0.1, 0.15) is 10.1 Å². The number of hydrogen-bond acceptors (Lipinski definition) is 5. The summed E-state index contributed by atoms with van der Waals surface area (Å²) < 4.78 is 66.8. The van der Waals surface area contributed by atoms with E-state index in [9.17, 15) is 25.9 Å². The quantitative estimate of drug-likeness (QED) is 0.734. The SMILES string of the molecule is CC1(C)C=[NH+]c2ccc3c(S(=O)(=O)[O-])cc(S(=O)(=O)O)cc3c21. The van der Waals surface area contributed by atoms with E-state index in [1.807, 2.05) is 13.8 Å². The molecular weight excluding hydrogens is 342 g/mol. The minimum absolute atomic E-state index is 0.122. The van der Waals surface area contributed by atoms with E-state index in [0.29, 0.717) is 22.7 Å². The van der Waals surface area contributed by atoms with Crippen molar-refractivity contribution in [3.05, 3.63) is 29.8 Å². The van der Waals surface area contributed by atoms with E-state index in [1.165, 1.54) is 12.1 Å². The maximum atomic E-state index is 11.5. The van der Waals surface area contributed by atoms with Crippen molar-refractivity contribution < 1.29 is 30.9 Å². The summed E-state index contributed by atoms with van der Waals surface area (Å²) in [4.78, 5) is 1.73. The Morgan fingerprint density at radius 3 is 2.30 bits per heavy atom. The van der Waals surface area contributed by atoms with Crippen LogP contribution in [0.2, 0.25) is 0 Å². The number of nitrogens with one attached hydrogen (secondary N) is 1. The molecule has 0 aliphatic carbocycles. The summed E-state index contributed by atoms with van der Waals surface area (Å²) in [7, 11) is -9.59. The van der Waals surface area contributed by atoms with Crippen molar-refractivity contribution >= 4 is 42.9 Å². The maximum Gasteiger partial charge on any atom is 0.294 e. The van der Waals surface area contributed by atoms with Crippen LogP contribution in [-0.2, 0) is 25.7 Å². The molecule has 0 saturated heterocycles. The van der Waals surface area contributed by atoms with E-state index in [4.69, 9.17) is 0 Å². The normalized spacial score (nSPS) is 16.7. The molecule has 3 rings (SSSR count). The number of rotatable bonds is 2. The van der Waals surface area contributed by atoms with Crippen LogP contribution in [0.25, 0.3) is 10.8 Å². The lowest BCUT2D eigenvalue weighted by atomic mass is 9.84. The average molecular weight is 355 g/mol. The van der Waals surface area contributed by atoms with Crippen LogP contribution in [0, 0.1) is 0 Å². The first-order chi connectivity index (χ1) is 10.4. The van der Waals surface area contributed by atoms with Gasteiger partial charge in [0.25, 0.3) is 10.1 Å². The molecule has 0 spiro atoms. The fraction of sp³-hybridized carbons (Fsp3) is 0.214. The molecule has 1 aliphatic heterocycles. The standard InChI is InChI=1S/C14H13NO6S2/c1-14(2)7-15-11-4-3-9-10(13(11)14)5-8(22(16,17)18)6-12(9)23(19,20)21/h3-7H,1-2H3,(H,16,17,18)(H,19,20,21). The zero-order chi connectivity index (χ0) is 17.2. The van der Waals surface area contributed by atoms with Gasteiger partial charge in [-0.15, -0.1) is 0 Å².